The molecule has 0 radical (unpaired) electrons. The van der Waals surface area contributed by atoms with Crippen molar-refractivity contribution in [3.63, 3.8) is 0 Å². The first kappa shape index (κ1) is 19.9. The highest BCUT2D eigenvalue weighted by atomic mass is 16.5. The molecule has 2 N–H and O–H groups in total. The van der Waals surface area contributed by atoms with E-state index in [4.69, 9.17) is 14.2 Å². The van der Waals surface area contributed by atoms with Crippen LogP contribution in [0.2, 0.25) is 0 Å². The quantitative estimate of drug-likeness (QED) is 0.638. The first-order valence-electron chi connectivity index (χ1n) is 8.78. The molecule has 0 atom stereocenters. The summed E-state index contributed by atoms with van der Waals surface area (Å²) in [7, 11) is 4.40. The zero-order valence-corrected chi connectivity index (χ0v) is 16.3. The van der Waals surface area contributed by atoms with E-state index in [-0.39, 0.29) is 18.0 Å². The van der Waals surface area contributed by atoms with Crippen molar-refractivity contribution in [1.82, 2.24) is 10.3 Å². The predicted molar refractivity (Wildman–Crippen MR) is 109 cm³/mol. The number of rotatable bonds is 7. The van der Waals surface area contributed by atoms with Gasteiger partial charge in [0.25, 0.3) is 5.91 Å². The molecule has 2 aromatic carbocycles. The minimum Gasteiger partial charge on any atom is -0.493 e. The molecule has 8 nitrogen and oxygen atoms in total. The van der Waals surface area contributed by atoms with Crippen LogP contribution in [0.1, 0.15) is 10.4 Å². The molecule has 0 bridgehead atoms. The maximum absolute atomic E-state index is 12.5. The van der Waals surface area contributed by atoms with E-state index in [0.717, 1.165) is 10.9 Å². The second-order valence-electron chi connectivity index (χ2n) is 6.06. The molecular formula is C21H21N3O5. The molecular weight excluding hydrogens is 374 g/mol. The molecule has 0 spiro atoms. The van der Waals surface area contributed by atoms with E-state index >= 15 is 0 Å². The Bertz CT molecular complexity index is 1030. The van der Waals surface area contributed by atoms with Crippen LogP contribution in [0.3, 0.4) is 0 Å². The van der Waals surface area contributed by atoms with Crippen LogP contribution in [-0.4, -0.2) is 44.7 Å². The molecule has 2 amide bonds. The minimum atomic E-state index is -0.448. The number of aromatic nitrogens is 1. The first-order chi connectivity index (χ1) is 14.0. The zero-order chi connectivity index (χ0) is 20.8. The number of pyridine rings is 1. The van der Waals surface area contributed by atoms with Crippen molar-refractivity contribution in [2.24, 2.45) is 0 Å². The topological polar surface area (TPSA) is 98.8 Å². The van der Waals surface area contributed by atoms with Gasteiger partial charge in [0.1, 0.15) is 0 Å². The largest absolute Gasteiger partial charge is 0.493 e. The van der Waals surface area contributed by atoms with Gasteiger partial charge in [-0.25, -0.2) is 0 Å². The van der Waals surface area contributed by atoms with Gasteiger partial charge in [0, 0.05) is 10.9 Å². The Morgan fingerprint density at radius 1 is 0.966 bits per heavy atom. The SMILES string of the molecule is COc1cc(C(=O)NCC(=O)Nc2cnc3ccccc3c2)cc(OC)c1OC. The number of carbonyl (C=O) groups is 2. The van der Waals surface area contributed by atoms with Crippen molar-refractivity contribution in [3.05, 3.63) is 54.2 Å². The maximum Gasteiger partial charge on any atom is 0.251 e. The van der Waals surface area contributed by atoms with Crippen LogP contribution in [0.25, 0.3) is 10.9 Å². The number of anilines is 1. The Hall–Kier alpha value is -3.81. The van der Waals surface area contributed by atoms with Gasteiger partial charge in [0.2, 0.25) is 11.7 Å². The average Bonchev–Trinajstić information content (AvgIpc) is 2.76. The highest BCUT2D eigenvalue weighted by Gasteiger charge is 2.17. The summed E-state index contributed by atoms with van der Waals surface area (Å²) in [5.74, 6) is 0.263. The number of para-hydroxylation sites is 1. The third-order valence-corrected chi connectivity index (χ3v) is 4.21. The van der Waals surface area contributed by atoms with E-state index < -0.39 is 5.91 Å². The zero-order valence-electron chi connectivity index (χ0n) is 16.3. The van der Waals surface area contributed by atoms with Crippen LogP contribution in [-0.2, 0) is 4.79 Å². The highest BCUT2D eigenvalue weighted by molar-refractivity contribution is 6.00. The lowest BCUT2D eigenvalue weighted by atomic mass is 10.1. The molecule has 0 aliphatic carbocycles. The Kier molecular flexibility index (Phi) is 6.13. The van der Waals surface area contributed by atoms with Gasteiger partial charge in [-0.15, -0.1) is 0 Å². The van der Waals surface area contributed by atoms with Gasteiger partial charge in [0.05, 0.1) is 45.3 Å². The summed E-state index contributed by atoms with van der Waals surface area (Å²) in [6.45, 7) is -0.206. The molecule has 8 heteroatoms. The smallest absolute Gasteiger partial charge is 0.251 e. The summed E-state index contributed by atoms with van der Waals surface area (Å²) >= 11 is 0. The molecule has 150 valence electrons. The third kappa shape index (κ3) is 4.55. The fourth-order valence-electron chi connectivity index (χ4n) is 2.82. The van der Waals surface area contributed by atoms with Gasteiger partial charge in [0.15, 0.2) is 11.5 Å². The van der Waals surface area contributed by atoms with Gasteiger partial charge < -0.3 is 24.8 Å². The molecule has 0 unspecified atom stereocenters. The number of methoxy groups -OCH3 is 3. The lowest BCUT2D eigenvalue weighted by Gasteiger charge is -2.14. The number of ether oxygens (including phenoxy) is 3. The van der Waals surface area contributed by atoms with Gasteiger partial charge >= 0.3 is 0 Å². The molecule has 0 saturated carbocycles. The number of carbonyl (C=O) groups excluding carboxylic acids is 2. The van der Waals surface area contributed by atoms with Gasteiger partial charge in [-0.3, -0.25) is 14.6 Å². The Morgan fingerprint density at radius 3 is 2.31 bits per heavy atom. The Labute approximate surface area is 167 Å². The van der Waals surface area contributed by atoms with Crippen LogP contribution in [0.15, 0.2) is 48.7 Å². The Morgan fingerprint density at radius 2 is 1.66 bits per heavy atom. The molecule has 0 fully saturated rings. The predicted octanol–water partition coefficient (Wildman–Crippen LogP) is 2.63. The van der Waals surface area contributed by atoms with Crippen LogP contribution < -0.4 is 24.8 Å². The summed E-state index contributed by atoms with van der Waals surface area (Å²) in [5, 5.41) is 6.20. The second kappa shape index (κ2) is 8.92. The number of nitrogens with one attached hydrogen (secondary N) is 2. The Balaban J connectivity index is 1.65. The number of benzene rings is 2. The number of amides is 2. The summed E-state index contributed by atoms with van der Waals surface area (Å²) in [4.78, 5) is 29.0. The summed E-state index contributed by atoms with van der Waals surface area (Å²) in [5.41, 5.74) is 1.66. The fraction of sp³-hybridized carbons (Fsp3) is 0.190. The van der Waals surface area contributed by atoms with E-state index in [1.807, 2.05) is 30.3 Å². The van der Waals surface area contributed by atoms with Crippen molar-refractivity contribution in [1.29, 1.82) is 0 Å². The fourth-order valence-corrected chi connectivity index (χ4v) is 2.82. The van der Waals surface area contributed by atoms with Crippen molar-refractivity contribution in [3.8, 4) is 17.2 Å². The lowest BCUT2D eigenvalue weighted by Crippen LogP contribution is -2.32. The van der Waals surface area contributed by atoms with Gasteiger partial charge in [-0.1, -0.05) is 18.2 Å². The number of fused-ring (bicyclic) bond motifs is 1. The monoisotopic (exact) mass is 395 g/mol. The van der Waals surface area contributed by atoms with Crippen LogP contribution in [0.4, 0.5) is 5.69 Å². The van der Waals surface area contributed by atoms with E-state index in [1.54, 1.807) is 6.20 Å². The summed E-state index contributed by atoms with van der Waals surface area (Å²) in [6, 6.07) is 12.4. The van der Waals surface area contributed by atoms with Gasteiger partial charge in [-0.05, 0) is 24.3 Å². The van der Waals surface area contributed by atoms with Crippen molar-refractivity contribution >= 4 is 28.4 Å². The van der Waals surface area contributed by atoms with E-state index in [9.17, 15) is 9.59 Å². The summed E-state index contributed by atoms with van der Waals surface area (Å²) in [6.07, 6.45) is 1.57. The standard InChI is InChI=1S/C21H21N3O5/c1-27-17-9-14(10-18(28-2)20(17)29-3)21(26)23-12-19(25)24-15-8-13-6-4-5-7-16(13)22-11-15/h4-11H,12H2,1-3H3,(H,23,26)(H,24,25). The molecule has 0 aliphatic rings. The van der Waals surface area contributed by atoms with Gasteiger partial charge in [-0.2, -0.15) is 0 Å². The first-order valence-corrected chi connectivity index (χ1v) is 8.78. The number of hydrogen-bond acceptors (Lipinski definition) is 6. The van der Waals surface area contributed by atoms with Crippen LogP contribution in [0, 0.1) is 0 Å². The molecule has 29 heavy (non-hydrogen) atoms. The number of hydrogen-bond donors (Lipinski definition) is 2. The molecule has 0 aliphatic heterocycles. The third-order valence-electron chi connectivity index (χ3n) is 4.21. The summed E-state index contributed by atoms with van der Waals surface area (Å²) < 4.78 is 15.7. The molecule has 3 aromatic rings. The molecule has 1 aromatic heterocycles. The lowest BCUT2D eigenvalue weighted by molar-refractivity contribution is -0.115. The molecule has 3 rings (SSSR count). The second-order valence-corrected chi connectivity index (χ2v) is 6.06. The van der Waals surface area contributed by atoms with Crippen molar-refractivity contribution < 1.29 is 23.8 Å². The van der Waals surface area contributed by atoms with Crippen molar-refractivity contribution in [2.45, 2.75) is 0 Å². The molecule has 1 heterocycles. The van der Waals surface area contributed by atoms with Crippen LogP contribution >= 0.6 is 0 Å². The maximum atomic E-state index is 12.5. The average molecular weight is 395 g/mol. The molecule has 0 saturated heterocycles. The van der Waals surface area contributed by atoms with Crippen molar-refractivity contribution in [2.75, 3.05) is 33.2 Å². The van der Waals surface area contributed by atoms with E-state index in [0.29, 0.717) is 22.9 Å². The van der Waals surface area contributed by atoms with E-state index in [1.165, 1.54) is 33.5 Å². The minimum absolute atomic E-state index is 0.206. The number of nitrogens with zero attached hydrogens (tertiary/aromatic N) is 1. The highest BCUT2D eigenvalue weighted by Crippen LogP contribution is 2.38. The normalized spacial score (nSPS) is 10.3. The van der Waals surface area contributed by atoms with E-state index in [2.05, 4.69) is 15.6 Å². The van der Waals surface area contributed by atoms with Crippen LogP contribution in [0.5, 0.6) is 17.2 Å².